The van der Waals surface area contributed by atoms with Crippen molar-refractivity contribution in [2.75, 3.05) is 0 Å². The highest BCUT2D eigenvalue weighted by Gasteiger charge is 2.35. The summed E-state index contributed by atoms with van der Waals surface area (Å²) < 4.78 is 43.3. The number of nitro benzene ring substituents is 1. The van der Waals surface area contributed by atoms with E-state index in [0.717, 1.165) is 6.07 Å². The predicted molar refractivity (Wildman–Crippen MR) is 76.6 cm³/mol. The summed E-state index contributed by atoms with van der Waals surface area (Å²) in [5, 5.41) is 19.3. The first-order chi connectivity index (χ1) is 11.1. The summed E-state index contributed by atoms with van der Waals surface area (Å²) in [7, 11) is 0. The van der Waals surface area contributed by atoms with Crippen molar-refractivity contribution in [3.63, 3.8) is 0 Å². The van der Waals surface area contributed by atoms with Gasteiger partial charge in [-0.25, -0.2) is 4.79 Å². The number of carboxylic acids is 1. The summed E-state index contributed by atoms with van der Waals surface area (Å²) in [6.07, 6.45) is -4.82. The summed E-state index contributed by atoms with van der Waals surface area (Å²) in [5.74, 6) is -2.01. The monoisotopic (exact) mass is 361 g/mol. The van der Waals surface area contributed by atoms with Gasteiger partial charge < -0.3 is 9.84 Å². The average Bonchev–Trinajstić information content (AvgIpc) is 2.48. The topological polar surface area (TPSA) is 89.7 Å². The van der Waals surface area contributed by atoms with Gasteiger partial charge in [0.1, 0.15) is 5.75 Å². The third-order valence-corrected chi connectivity index (χ3v) is 3.13. The number of hydrogen-bond donors (Lipinski definition) is 1. The summed E-state index contributed by atoms with van der Waals surface area (Å²) in [4.78, 5) is 20.8. The van der Waals surface area contributed by atoms with Crippen molar-refractivity contribution in [1.29, 1.82) is 0 Å². The molecule has 6 nitrogen and oxygen atoms in total. The molecule has 1 N–H and O–H groups in total. The van der Waals surface area contributed by atoms with Gasteiger partial charge in [0.15, 0.2) is 0 Å². The molecule has 24 heavy (non-hydrogen) atoms. The molecule has 0 aliphatic heterocycles. The molecule has 0 aliphatic rings. The van der Waals surface area contributed by atoms with Gasteiger partial charge in [-0.05, 0) is 24.3 Å². The smallest absolute Gasteiger partial charge is 0.416 e. The fourth-order valence-corrected chi connectivity index (χ4v) is 2.04. The third-order valence-electron chi connectivity index (χ3n) is 2.85. The third kappa shape index (κ3) is 3.74. The minimum Gasteiger partial charge on any atom is -0.478 e. The fraction of sp³-hybridized carbons (Fsp3) is 0.0714. The first-order valence-corrected chi connectivity index (χ1v) is 6.53. The van der Waals surface area contributed by atoms with Crippen LogP contribution in [0.4, 0.5) is 18.9 Å². The normalized spacial score (nSPS) is 11.2. The van der Waals surface area contributed by atoms with Crippen LogP contribution in [0, 0.1) is 10.1 Å². The van der Waals surface area contributed by atoms with Crippen LogP contribution in [0.1, 0.15) is 15.9 Å². The number of halogens is 4. The van der Waals surface area contributed by atoms with Crippen molar-refractivity contribution in [3.8, 4) is 11.5 Å². The van der Waals surface area contributed by atoms with E-state index in [9.17, 15) is 28.1 Å². The Hall–Kier alpha value is -2.81. The Morgan fingerprint density at radius 2 is 1.92 bits per heavy atom. The average molecular weight is 362 g/mol. The zero-order chi connectivity index (χ0) is 18.1. The minimum atomic E-state index is -4.82. The van der Waals surface area contributed by atoms with Gasteiger partial charge in [0, 0.05) is 6.07 Å². The van der Waals surface area contributed by atoms with Gasteiger partial charge in [0.25, 0.3) is 0 Å². The molecule has 0 amide bonds. The molecule has 2 rings (SSSR count). The van der Waals surface area contributed by atoms with Crippen LogP contribution in [0.15, 0.2) is 36.4 Å². The largest absolute Gasteiger partial charge is 0.478 e. The van der Waals surface area contributed by atoms with Gasteiger partial charge in [0.05, 0.1) is 21.1 Å². The lowest BCUT2D eigenvalue weighted by Crippen LogP contribution is -2.06. The van der Waals surface area contributed by atoms with E-state index in [1.165, 1.54) is 18.2 Å². The summed E-state index contributed by atoms with van der Waals surface area (Å²) in [6, 6.07) is 5.68. The Morgan fingerprint density at radius 1 is 1.25 bits per heavy atom. The molecule has 2 aromatic carbocycles. The van der Waals surface area contributed by atoms with E-state index >= 15 is 0 Å². The van der Waals surface area contributed by atoms with Crippen LogP contribution in [0.2, 0.25) is 5.02 Å². The lowest BCUT2D eigenvalue weighted by Gasteiger charge is -2.12. The highest BCUT2D eigenvalue weighted by molar-refractivity contribution is 6.32. The standard InChI is InChI=1S/C14H7ClF3NO5/c15-10-5-8(14(16,17)18)6-11(19(22)23)12(10)24-9-3-1-2-7(4-9)13(20)21/h1-6H,(H,20,21). The van der Waals surface area contributed by atoms with Crippen LogP contribution in [0.25, 0.3) is 0 Å². The van der Waals surface area contributed by atoms with Crippen LogP contribution in [-0.4, -0.2) is 16.0 Å². The molecule has 0 saturated carbocycles. The van der Waals surface area contributed by atoms with Crippen LogP contribution in [0.3, 0.4) is 0 Å². The van der Waals surface area contributed by atoms with Crippen molar-refractivity contribution < 1.29 is 32.7 Å². The lowest BCUT2D eigenvalue weighted by molar-refractivity contribution is -0.385. The molecule has 0 unspecified atom stereocenters. The number of carboxylic acid groups (broad SMARTS) is 1. The molecule has 0 atom stereocenters. The summed E-state index contributed by atoms with van der Waals surface area (Å²) >= 11 is 5.69. The fourth-order valence-electron chi connectivity index (χ4n) is 1.79. The van der Waals surface area contributed by atoms with Gasteiger partial charge >= 0.3 is 17.8 Å². The maximum Gasteiger partial charge on any atom is 0.416 e. The molecule has 0 spiro atoms. The SMILES string of the molecule is O=C(O)c1cccc(Oc2c(Cl)cc(C(F)(F)F)cc2[N+](=O)[O-])c1. The maximum absolute atomic E-state index is 12.7. The quantitative estimate of drug-likeness (QED) is 0.626. The Balaban J connectivity index is 2.52. The zero-order valence-electron chi connectivity index (χ0n) is 11.5. The summed E-state index contributed by atoms with van der Waals surface area (Å²) in [6.45, 7) is 0. The molecular weight excluding hydrogens is 355 g/mol. The van der Waals surface area contributed by atoms with Gasteiger partial charge in [-0.15, -0.1) is 0 Å². The minimum absolute atomic E-state index is 0.125. The first kappa shape index (κ1) is 17.5. The van der Waals surface area contributed by atoms with E-state index in [1.807, 2.05) is 0 Å². The molecule has 0 aliphatic carbocycles. The van der Waals surface area contributed by atoms with Gasteiger partial charge in [-0.2, -0.15) is 13.2 Å². The van der Waals surface area contributed by atoms with Crippen molar-refractivity contribution in [2.24, 2.45) is 0 Å². The Kier molecular flexibility index (Phi) is 4.65. The number of rotatable bonds is 4. The lowest BCUT2D eigenvalue weighted by atomic mass is 10.1. The van der Waals surface area contributed by atoms with Gasteiger partial charge in [-0.1, -0.05) is 17.7 Å². The second kappa shape index (κ2) is 6.36. The van der Waals surface area contributed by atoms with E-state index < -0.39 is 39.1 Å². The number of ether oxygens (including phenoxy) is 1. The number of nitro groups is 1. The second-order valence-corrected chi connectivity index (χ2v) is 4.90. The van der Waals surface area contributed by atoms with Crippen LogP contribution >= 0.6 is 11.6 Å². The van der Waals surface area contributed by atoms with Crippen LogP contribution < -0.4 is 4.74 Å². The Labute approximate surface area is 137 Å². The maximum atomic E-state index is 12.7. The number of aromatic carboxylic acids is 1. The molecule has 10 heteroatoms. The number of nitrogens with zero attached hydrogens (tertiary/aromatic N) is 1. The summed E-state index contributed by atoms with van der Waals surface area (Å²) in [5.41, 5.74) is -2.46. The number of benzene rings is 2. The van der Waals surface area contributed by atoms with Crippen molar-refractivity contribution in [1.82, 2.24) is 0 Å². The molecule has 2 aromatic rings. The number of alkyl halides is 3. The molecule has 0 radical (unpaired) electrons. The van der Waals surface area contributed by atoms with Crippen molar-refractivity contribution in [2.45, 2.75) is 6.18 Å². The van der Waals surface area contributed by atoms with E-state index in [0.29, 0.717) is 12.1 Å². The number of hydrogen-bond acceptors (Lipinski definition) is 4. The zero-order valence-corrected chi connectivity index (χ0v) is 12.3. The van der Waals surface area contributed by atoms with Gasteiger partial charge in [0.2, 0.25) is 5.75 Å². The molecule has 0 heterocycles. The molecule has 0 aromatic heterocycles. The highest BCUT2D eigenvalue weighted by Crippen LogP contribution is 2.43. The second-order valence-electron chi connectivity index (χ2n) is 4.50. The Morgan fingerprint density at radius 3 is 2.46 bits per heavy atom. The Bertz CT molecular complexity index is 823. The molecule has 126 valence electrons. The van der Waals surface area contributed by atoms with E-state index in [4.69, 9.17) is 21.4 Å². The first-order valence-electron chi connectivity index (χ1n) is 6.16. The van der Waals surface area contributed by atoms with Crippen LogP contribution in [0.5, 0.6) is 11.5 Å². The van der Waals surface area contributed by atoms with E-state index in [2.05, 4.69) is 0 Å². The van der Waals surface area contributed by atoms with Crippen molar-refractivity contribution in [3.05, 3.63) is 62.7 Å². The van der Waals surface area contributed by atoms with E-state index in [-0.39, 0.29) is 11.3 Å². The highest BCUT2D eigenvalue weighted by atomic mass is 35.5. The molecule has 0 bridgehead atoms. The predicted octanol–water partition coefficient (Wildman–Crippen LogP) is 4.76. The van der Waals surface area contributed by atoms with Crippen molar-refractivity contribution >= 4 is 23.3 Å². The van der Waals surface area contributed by atoms with Crippen LogP contribution in [-0.2, 0) is 6.18 Å². The van der Waals surface area contributed by atoms with Gasteiger partial charge in [-0.3, -0.25) is 10.1 Å². The van der Waals surface area contributed by atoms with E-state index in [1.54, 1.807) is 0 Å². The molecule has 0 fully saturated rings. The molecule has 0 saturated heterocycles. The number of carbonyl (C=O) groups is 1. The molecular formula is C14H7ClF3NO5.